The number of allylic oxidation sites excluding steroid dienone is 1. The number of carbonyl (C=O) groups is 1. The van der Waals surface area contributed by atoms with Crippen LogP contribution < -0.4 is 5.32 Å². The van der Waals surface area contributed by atoms with Gasteiger partial charge in [-0.1, -0.05) is 6.08 Å². The topological polar surface area (TPSA) is 70.7 Å². The van der Waals surface area contributed by atoms with Crippen LogP contribution in [-0.2, 0) is 11.3 Å². The Bertz CT molecular complexity index is 316. The predicted octanol–water partition coefficient (Wildman–Crippen LogP) is 0.305. The normalized spacial score (nSPS) is 10.6. The third kappa shape index (κ3) is 3.06. The molecule has 0 aliphatic heterocycles. The fourth-order valence-corrected chi connectivity index (χ4v) is 0.845. The van der Waals surface area contributed by atoms with E-state index in [1.165, 1.54) is 6.08 Å². The summed E-state index contributed by atoms with van der Waals surface area (Å²) in [5.74, 6) is 1.20. The van der Waals surface area contributed by atoms with E-state index in [2.05, 4.69) is 20.5 Å². The highest BCUT2D eigenvalue weighted by Gasteiger charge is 2.00. The second-order valence-corrected chi connectivity index (χ2v) is 2.55. The zero-order chi connectivity index (χ0) is 9.68. The van der Waals surface area contributed by atoms with Gasteiger partial charge in [-0.25, -0.2) is 4.98 Å². The molecule has 1 aromatic rings. The minimum atomic E-state index is -0.134. The Morgan fingerprint density at radius 1 is 1.69 bits per heavy atom. The molecule has 0 bridgehead atoms. The molecule has 0 fully saturated rings. The van der Waals surface area contributed by atoms with Crippen molar-refractivity contribution in [3.8, 4) is 0 Å². The van der Waals surface area contributed by atoms with E-state index in [0.29, 0.717) is 12.4 Å². The van der Waals surface area contributed by atoms with Crippen molar-refractivity contribution in [2.24, 2.45) is 0 Å². The summed E-state index contributed by atoms with van der Waals surface area (Å²) < 4.78 is 0. The lowest BCUT2D eigenvalue weighted by Gasteiger charge is -1.95. The number of amides is 1. The summed E-state index contributed by atoms with van der Waals surface area (Å²) in [6.45, 7) is 3.95. The molecule has 0 unspecified atom stereocenters. The fourth-order valence-electron chi connectivity index (χ4n) is 0.845. The zero-order valence-electron chi connectivity index (χ0n) is 7.66. The van der Waals surface area contributed by atoms with Crippen molar-refractivity contribution in [3.63, 3.8) is 0 Å². The smallest absolute Gasteiger partial charge is 0.244 e. The molecule has 1 rings (SSSR count). The molecule has 1 amide bonds. The summed E-state index contributed by atoms with van der Waals surface area (Å²) in [4.78, 5) is 15.0. The van der Waals surface area contributed by atoms with E-state index >= 15 is 0 Å². The Morgan fingerprint density at radius 3 is 3.00 bits per heavy atom. The molecule has 0 atom stereocenters. The van der Waals surface area contributed by atoms with E-state index < -0.39 is 0 Å². The highest BCUT2D eigenvalue weighted by Crippen LogP contribution is 1.89. The minimum absolute atomic E-state index is 0.134. The maximum atomic E-state index is 11.0. The number of nitrogens with zero attached hydrogens (tertiary/aromatic N) is 2. The van der Waals surface area contributed by atoms with Gasteiger partial charge in [-0.15, -0.1) is 0 Å². The van der Waals surface area contributed by atoms with Crippen LogP contribution in [0.5, 0.6) is 0 Å². The molecule has 0 saturated carbocycles. The first-order chi connectivity index (χ1) is 6.22. The number of rotatable bonds is 3. The highest BCUT2D eigenvalue weighted by atomic mass is 16.1. The maximum Gasteiger partial charge on any atom is 0.244 e. The first-order valence-corrected chi connectivity index (χ1v) is 4.01. The first-order valence-electron chi connectivity index (χ1n) is 4.01. The summed E-state index contributed by atoms with van der Waals surface area (Å²) in [6, 6.07) is 0. The molecule has 0 saturated heterocycles. The minimum Gasteiger partial charge on any atom is -0.345 e. The second-order valence-electron chi connectivity index (χ2n) is 2.55. The summed E-state index contributed by atoms with van der Waals surface area (Å²) in [7, 11) is 0. The van der Waals surface area contributed by atoms with E-state index in [0.717, 1.165) is 5.82 Å². The zero-order valence-corrected chi connectivity index (χ0v) is 7.66. The molecule has 1 aromatic heterocycles. The molecule has 5 heteroatoms. The maximum absolute atomic E-state index is 11.0. The van der Waals surface area contributed by atoms with Gasteiger partial charge >= 0.3 is 0 Å². The van der Waals surface area contributed by atoms with Crippen LogP contribution in [0.4, 0.5) is 0 Å². The number of aromatic amines is 1. The van der Waals surface area contributed by atoms with Gasteiger partial charge in [-0.05, 0) is 19.9 Å². The SMILES string of the molecule is C/C=C/C(=O)NCc1n[nH]c(C)n1. The van der Waals surface area contributed by atoms with E-state index in [4.69, 9.17) is 0 Å². The van der Waals surface area contributed by atoms with Gasteiger partial charge in [-0.3, -0.25) is 9.89 Å². The van der Waals surface area contributed by atoms with Crippen molar-refractivity contribution in [2.45, 2.75) is 20.4 Å². The molecule has 1 heterocycles. The van der Waals surface area contributed by atoms with Crippen LogP contribution in [0.3, 0.4) is 0 Å². The molecule has 5 nitrogen and oxygen atoms in total. The quantitative estimate of drug-likeness (QED) is 0.657. The summed E-state index contributed by atoms with van der Waals surface area (Å²) in [6.07, 6.45) is 3.14. The van der Waals surface area contributed by atoms with Crippen molar-refractivity contribution in [1.29, 1.82) is 0 Å². The van der Waals surface area contributed by atoms with Gasteiger partial charge in [0.25, 0.3) is 0 Å². The number of aromatic nitrogens is 3. The molecule has 0 aliphatic carbocycles. The number of hydrogen-bond donors (Lipinski definition) is 2. The van der Waals surface area contributed by atoms with Crippen molar-refractivity contribution in [1.82, 2.24) is 20.5 Å². The fraction of sp³-hybridized carbons (Fsp3) is 0.375. The first kappa shape index (κ1) is 9.44. The number of H-pyrrole nitrogens is 1. The predicted molar refractivity (Wildman–Crippen MR) is 47.8 cm³/mol. The van der Waals surface area contributed by atoms with Gasteiger partial charge < -0.3 is 5.32 Å². The van der Waals surface area contributed by atoms with Crippen LogP contribution in [0.1, 0.15) is 18.6 Å². The van der Waals surface area contributed by atoms with Gasteiger partial charge in [0.1, 0.15) is 5.82 Å². The van der Waals surface area contributed by atoms with Crippen molar-refractivity contribution < 1.29 is 4.79 Å². The average Bonchev–Trinajstić information content (AvgIpc) is 2.49. The summed E-state index contributed by atoms with van der Waals surface area (Å²) >= 11 is 0. The Hall–Kier alpha value is -1.65. The van der Waals surface area contributed by atoms with Crippen LogP contribution in [0.15, 0.2) is 12.2 Å². The largest absolute Gasteiger partial charge is 0.345 e. The van der Waals surface area contributed by atoms with Crippen molar-refractivity contribution in [2.75, 3.05) is 0 Å². The summed E-state index contributed by atoms with van der Waals surface area (Å²) in [5, 5.41) is 9.21. The van der Waals surface area contributed by atoms with Crippen LogP contribution in [-0.4, -0.2) is 21.1 Å². The number of nitrogens with one attached hydrogen (secondary N) is 2. The third-order valence-corrected chi connectivity index (χ3v) is 1.38. The molecule has 0 aromatic carbocycles. The molecule has 2 N–H and O–H groups in total. The van der Waals surface area contributed by atoms with Crippen molar-refractivity contribution in [3.05, 3.63) is 23.8 Å². The molecule has 0 aliphatic rings. The highest BCUT2D eigenvalue weighted by molar-refractivity contribution is 5.87. The Morgan fingerprint density at radius 2 is 2.46 bits per heavy atom. The van der Waals surface area contributed by atoms with E-state index in [1.807, 2.05) is 6.92 Å². The molecule has 13 heavy (non-hydrogen) atoms. The van der Waals surface area contributed by atoms with Gasteiger partial charge in [0, 0.05) is 0 Å². The lowest BCUT2D eigenvalue weighted by atomic mass is 10.5. The third-order valence-electron chi connectivity index (χ3n) is 1.38. The van der Waals surface area contributed by atoms with E-state index in [9.17, 15) is 4.79 Å². The van der Waals surface area contributed by atoms with Crippen molar-refractivity contribution >= 4 is 5.91 Å². The standard InChI is InChI=1S/C8H12N4O/c1-3-4-8(13)9-5-7-10-6(2)11-12-7/h3-4H,5H2,1-2H3,(H,9,13)(H,10,11,12)/b4-3+. The van der Waals surface area contributed by atoms with Crippen LogP contribution in [0.25, 0.3) is 0 Å². The van der Waals surface area contributed by atoms with E-state index in [-0.39, 0.29) is 5.91 Å². The molecular weight excluding hydrogens is 168 g/mol. The second kappa shape index (κ2) is 4.39. The Kier molecular flexibility index (Phi) is 3.19. The monoisotopic (exact) mass is 180 g/mol. The van der Waals surface area contributed by atoms with Gasteiger partial charge in [-0.2, -0.15) is 5.10 Å². The Labute approximate surface area is 76.3 Å². The van der Waals surface area contributed by atoms with Gasteiger partial charge in [0.15, 0.2) is 5.82 Å². The van der Waals surface area contributed by atoms with Crippen LogP contribution >= 0.6 is 0 Å². The number of hydrogen-bond acceptors (Lipinski definition) is 3. The lowest BCUT2D eigenvalue weighted by molar-refractivity contribution is -0.116. The molecule has 70 valence electrons. The Balaban J connectivity index is 2.39. The van der Waals surface area contributed by atoms with Gasteiger partial charge in [0.05, 0.1) is 6.54 Å². The molecule has 0 radical (unpaired) electrons. The van der Waals surface area contributed by atoms with Crippen LogP contribution in [0, 0.1) is 6.92 Å². The number of carbonyl (C=O) groups excluding carboxylic acids is 1. The molecule has 0 spiro atoms. The lowest BCUT2D eigenvalue weighted by Crippen LogP contribution is -2.20. The van der Waals surface area contributed by atoms with E-state index in [1.54, 1.807) is 13.0 Å². The van der Waals surface area contributed by atoms with Crippen LogP contribution in [0.2, 0.25) is 0 Å². The molecular formula is C8H12N4O. The van der Waals surface area contributed by atoms with Gasteiger partial charge in [0.2, 0.25) is 5.91 Å². The summed E-state index contributed by atoms with van der Waals surface area (Å²) in [5.41, 5.74) is 0. The number of aryl methyl sites for hydroxylation is 1. The average molecular weight is 180 g/mol.